The van der Waals surface area contributed by atoms with Crippen LogP contribution in [-0.4, -0.2) is 142 Å². The highest BCUT2D eigenvalue weighted by Crippen LogP contribution is 2.14. The van der Waals surface area contributed by atoms with Crippen molar-refractivity contribution >= 4 is 44.7 Å². The summed E-state index contributed by atoms with van der Waals surface area (Å²) in [5.74, 6) is -6.18. The van der Waals surface area contributed by atoms with Crippen LogP contribution in [0.1, 0.15) is 79.6 Å². The number of aliphatic hydroxyl groups is 4. The zero-order valence-electron chi connectivity index (χ0n) is 41.0. The molecule has 4 aromatic rings. The van der Waals surface area contributed by atoms with Crippen LogP contribution in [-0.2, 0) is 52.8 Å². The molecular formula is C46H73N5O20S2. The van der Waals surface area contributed by atoms with Crippen LogP contribution >= 0.6 is 0 Å². The first-order valence-corrected chi connectivity index (χ1v) is 24.1. The van der Waals surface area contributed by atoms with Crippen molar-refractivity contribution in [2.45, 2.75) is 115 Å². The third-order valence-electron chi connectivity index (χ3n) is 8.37. The summed E-state index contributed by atoms with van der Waals surface area (Å²) >= 11 is 0. The van der Waals surface area contributed by atoms with Crippen molar-refractivity contribution in [1.82, 2.24) is 0 Å². The topological polar surface area (TPSA) is 509 Å². The maximum atomic E-state index is 10.1. The largest absolute Gasteiger partial charge is 0.481 e. The van der Waals surface area contributed by atoms with Gasteiger partial charge in [0.05, 0.1) is 6.42 Å². The molecule has 2 unspecified atom stereocenters. The van der Waals surface area contributed by atoms with E-state index in [9.17, 15) is 19.2 Å². The summed E-state index contributed by atoms with van der Waals surface area (Å²) in [5, 5.41) is 67.5. The van der Waals surface area contributed by atoms with Crippen LogP contribution in [0.3, 0.4) is 0 Å². The molecule has 4 aromatic carbocycles. The van der Waals surface area contributed by atoms with Gasteiger partial charge in [0.1, 0.15) is 18.2 Å². The molecule has 22 N–H and O–H groups in total. The van der Waals surface area contributed by atoms with Gasteiger partial charge >= 0.3 is 44.7 Å². The standard InChI is InChI=1S/4C9H13N.C6H10O8.C4H7NO4.2H2O4S/c2*1-7-5-3-4-6-9(7)8(2)10;2*1-8(10)7-9-5-3-2-4-6-9;7-1(3(9)5(11)12)2(8)4(10)6(13)14;5-2(4(8)9)1-3(6)7;2*1-5(2,3)4/h2*3-6,8H,10H2,1-2H3;2*2-6,8H,7,10H2,1H3;1-4,7-10H,(H,11,12)(H,13,14);2H,1,5H2,(H,6,7)(H,8,9);2*(H2,1,2,3,4)/t2*8-;;;1-,2-,3-,4+;2-;;/m00..00../s1. The molecule has 73 heavy (non-hydrogen) atoms. The minimum atomic E-state index is -4.67. The minimum absolute atomic E-state index is 0.154. The van der Waals surface area contributed by atoms with Crippen molar-refractivity contribution in [3.63, 3.8) is 0 Å². The van der Waals surface area contributed by atoms with Crippen LogP contribution in [0.15, 0.2) is 109 Å². The van der Waals surface area contributed by atoms with Crippen molar-refractivity contribution in [1.29, 1.82) is 0 Å². The summed E-state index contributed by atoms with van der Waals surface area (Å²) in [6.45, 7) is 12.2. The first kappa shape index (κ1) is 73.7. The van der Waals surface area contributed by atoms with E-state index in [2.05, 4.69) is 62.4 Å². The highest BCUT2D eigenvalue weighted by Gasteiger charge is 2.37. The van der Waals surface area contributed by atoms with Crippen molar-refractivity contribution in [2.24, 2.45) is 28.7 Å². The molecule has 0 spiro atoms. The van der Waals surface area contributed by atoms with Gasteiger partial charge in [-0.15, -0.1) is 0 Å². The second kappa shape index (κ2) is 39.6. The van der Waals surface area contributed by atoms with Gasteiger partial charge in [-0.3, -0.25) is 27.8 Å². The van der Waals surface area contributed by atoms with Crippen LogP contribution < -0.4 is 28.7 Å². The van der Waals surface area contributed by atoms with E-state index in [-0.39, 0.29) is 24.2 Å². The summed E-state index contributed by atoms with van der Waals surface area (Å²) in [5.41, 5.74) is 35.2. The molecule has 27 heteroatoms. The Kier molecular flexibility index (Phi) is 40.0. The monoisotopic (exact) mass is 1080 g/mol. The molecule has 414 valence electrons. The van der Waals surface area contributed by atoms with Gasteiger partial charge < -0.3 is 69.5 Å². The van der Waals surface area contributed by atoms with E-state index in [1.54, 1.807) is 0 Å². The van der Waals surface area contributed by atoms with E-state index in [0.717, 1.165) is 12.8 Å². The summed E-state index contributed by atoms with van der Waals surface area (Å²) in [6.07, 6.45) is -7.87. The van der Waals surface area contributed by atoms with Gasteiger partial charge in [-0.2, -0.15) is 16.8 Å². The molecule has 0 heterocycles. The lowest BCUT2D eigenvalue weighted by Gasteiger charge is -2.21. The lowest BCUT2D eigenvalue weighted by Crippen LogP contribution is -2.49. The number of carbonyl (C=O) groups is 4. The maximum Gasteiger partial charge on any atom is 0.394 e. The molecule has 0 saturated heterocycles. The first-order valence-electron chi connectivity index (χ1n) is 21.3. The number of benzene rings is 4. The Hall–Kier alpha value is -5.86. The molecule has 4 rings (SSSR count). The molecule has 0 aliphatic heterocycles. The van der Waals surface area contributed by atoms with Crippen LogP contribution in [0.4, 0.5) is 0 Å². The number of aliphatic hydroxyl groups excluding tert-OH is 4. The zero-order chi connectivity index (χ0) is 57.8. The molecule has 25 nitrogen and oxygen atoms in total. The number of carboxylic acids is 4. The third-order valence-corrected chi connectivity index (χ3v) is 8.37. The quantitative estimate of drug-likeness (QED) is 0.0792. The Balaban J connectivity index is -0.000000379. The SMILES string of the molecule is CC(N)Cc1ccccc1.CC(N)Cc1ccccc1.Cc1ccccc1[C@H](C)N.Cc1ccccc1[C@H](C)N.N[C@@H](CC(=O)O)C(=O)O.O=C(O)[C@@H](O)[C@@H](O)[C@H](O)[C@@H](O)C(=O)O.O=S(=O)(O)O.O=S(=O)(O)O. The third kappa shape index (κ3) is 46.9. The summed E-state index contributed by atoms with van der Waals surface area (Å²) in [4.78, 5) is 39.8. The molecule has 9 atom stereocenters. The Bertz CT molecular complexity index is 2200. The molecule has 0 aliphatic rings. The smallest absolute Gasteiger partial charge is 0.394 e. The fraction of sp³-hybridized carbons (Fsp3) is 0.391. The van der Waals surface area contributed by atoms with E-state index in [1.165, 1.54) is 33.4 Å². The van der Waals surface area contributed by atoms with E-state index >= 15 is 0 Å². The molecule has 0 amide bonds. The Morgan fingerprint density at radius 3 is 0.863 bits per heavy atom. The van der Waals surface area contributed by atoms with Crippen molar-refractivity contribution in [3.05, 3.63) is 143 Å². The maximum absolute atomic E-state index is 10.1. The van der Waals surface area contributed by atoms with Crippen LogP contribution in [0.25, 0.3) is 0 Å². The number of hydrogen-bond acceptors (Lipinski definition) is 17. The summed E-state index contributed by atoms with van der Waals surface area (Å²) in [7, 11) is -9.33. The highest BCUT2D eigenvalue weighted by molar-refractivity contribution is 7.80. The molecule has 0 fully saturated rings. The average molecular weight is 1080 g/mol. The Morgan fingerprint density at radius 1 is 0.452 bits per heavy atom. The fourth-order valence-corrected chi connectivity index (χ4v) is 5.11. The van der Waals surface area contributed by atoms with Gasteiger partial charge in [0.2, 0.25) is 0 Å². The average Bonchev–Trinajstić information content (AvgIpc) is 3.25. The molecule has 0 bridgehead atoms. The normalized spacial score (nSPS) is 14.0. The molecular weight excluding hydrogens is 1010 g/mol. The number of aryl methyl sites for hydroxylation is 2. The van der Waals surface area contributed by atoms with Crippen LogP contribution in [0, 0.1) is 13.8 Å². The number of carboxylic acid groups (broad SMARTS) is 4. The van der Waals surface area contributed by atoms with E-state index in [0.29, 0.717) is 0 Å². The predicted octanol–water partition coefficient (Wildman–Crippen LogP) is 1.35. The van der Waals surface area contributed by atoms with Crippen molar-refractivity contribution < 1.29 is 95.1 Å². The van der Waals surface area contributed by atoms with Crippen LogP contribution in [0.5, 0.6) is 0 Å². The Morgan fingerprint density at radius 2 is 0.699 bits per heavy atom. The summed E-state index contributed by atoms with van der Waals surface area (Å²) < 4.78 is 63.2. The second-order valence-electron chi connectivity index (χ2n) is 15.6. The summed E-state index contributed by atoms with van der Waals surface area (Å²) in [6, 6.07) is 36.5. The molecule has 0 aliphatic carbocycles. The molecule has 0 radical (unpaired) electrons. The Labute approximate surface area is 425 Å². The van der Waals surface area contributed by atoms with Crippen molar-refractivity contribution in [3.8, 4) is 0 Å². The van der Waals surface area contributed by atoms with Gasteiger partial charge in [0.25, 0.3) is 0 Å². The zero-order valence-corrected chi connectivity index (χ0v) is 42.7. The second-order valence-corrected chi connectivity index (χ2v) is 17.4. The minimum Gasteiger partial charge on any atom is -0.481 e. The number of aliphatic carboxylic acids is 4. The predicted molar refractivity (Wildman–Crippen MR) is 271 cm³/mol. The number of rotatable bonds is 14. The van der Waals surface area contributed by atoms with E-state index in [4.69, 9.17) is 105 Å². The van der Waals surface area contributed by atoms with Crippen LogP contribution in [0.2, 0.25) is 0 Å². The lowest BCUT2D eigenvalue weighted by atomic mass is 10.0. The lowest BCUT2D eigenvalue weighted by molar-refractivity contribution is -0.172. The number of nitrogens with two attached hydrogens (primary N) is 5. The van der Waals surface area contributed by atoms with Gasteiger partial charge in [-0.05, 0) is 87.8 Å². The first-order chi connectivity index (χ1) is 33.3. The fourth-order valence-electron chi connectivity index (χ4n) is 5.11. The highest BCUT2D eigenvalue weighted by atomic mass is 32.3. The van der Waals surface area contributed by atoms with E-state index < -0.39 is 81.6 Å². The van der Waals surface area contributed by atoms with E-state index in [1.807, 2.05) is 88.4 Å². The van der Waals surface area contributed by atoms with Gasteiger partial charge in [-0.1, -0.05) is 109 Å². The molecule has 0 saturated carbocycles. The number of hydrogen-bond donors (Lipinski definition) is 17. The van der Waals surface area contributed by atoms with Crippen molar-refractivity contribution in [2.75, 3.05) is 0 Å². The van der Waals surface area contributed by atoms with Gasteiger partial charge in [0, 0.05) is 24.2 Å². The molecule has 0 aromatic heterocycles. The van der Waals surface area contributed by atoms with Gasteiger partial charge in [-0.25, -0.2) is 9.59 Å². The van der Waals surface area contributed by atoms with Gasteiger partial charge in [0.15, 0.2) is 12.2 Å².